The molecule has 432 valence electrons. The first kappa shape index (κ1) is 71.7. The lowest BCUT2D eigenvalue weighted by atomic mass is 10.0. The Hall–Kier alpha value is -2.29. The van der Waals surface area contributed by atoms with Crippen molar-refractivity contribution in [3.8, 4) is 0 Å². The normalized spacial score (nSPS) is 13.6. The Bertz CT molecular complexity index is 1430. The Morgan fingerprint density at radius 2 is 0.730 bits per heavy atom. The Morgan fingerprint density at radius 3 is 1.11 bits per heavy atom. The molecular formula is C64H118NO8P. The highest BCUT2D eigenvalue weighted by atomic mass is 31.2. The largest absolute Gasteiger partial charge is 0.756 e. The van der Waals surface area contributed by atoms with Gasteiger partial charge in [0.25, 0.3) is 7.82 Å². The van der Waals surface area contributed by atoms with Gasteiger partial charge in [-0.15, -0.1) is 0 Å². The van der Waals surface area contributed by atoms with E-state index in [4.69, 9.17) is 18.5 Å². The van der Waals surface area contributed by atoms with E-state index in [-0.39, 0.29) is 32.0 Å². The summed E-state index contributed by atoms with van der Waals surface area (Å²) in [7, 11) is 1.17. The number of carbonyl (C=O) groups excluding carboxylic acids is 2. The highest BCUT2D eigenvalue weighted by Crippen LogP contribution is 2.38. The Balaban J connectivity index is 4.08. The van der Waals surface area contributed by atoms with Crippen molar-refractivity contribution >= 4 is 19.8 Å². The summed E-state index contributed by atoms with van der Waals surface area (Å²) in [6.07, 6.45) is 71.3. The van der Waals surface area contributed by atoms with Crippen LogP contribution in [0.2, 0.25) is 0 Å². The molecule has 0 aromatic rings. The van der Waals surface area contributed by atoms with Crippen molar-refractivity contribution in [2.45, 2.75) is 290 Å². The number of ether oxygens (including phenoxy) is 2. The van der Waals surface area contributed by atoms with Crippen LogP contribution in [-0.4, -0.2) is 70.0 Å². The summed E-state index contributed by atoms with van der Waals surface area (Å²) in [5, 5.41) is 0. The number of nitrogens with zero attached hydrogens (tertiary/aromatic N) is 1. The van der Waals surface area contributed by atoms with Crippen LogP contribution in [-0.2, 0) is 32.7 Å². The second-order valence-corrected chi connectivity index (χ2v) is 23.5. The van der Waals surface area contributed by atoms with E-state index in [0.29, 0.717) is 17.4 Å². The second-order valence-electron chi connectivity index (χ2n) is 22.1. The first-order chi connectivity index (χ1) is 36.0. The van der Waals surface area contributed by atoms with Gasteiger partial charge < -0.3 is 27.9 Å². The number of rotatable bonds is 57. The minimum Gasteiger partial charge on any atom is -0.756 e. The van der Waals surface area contributed by atoms with E-state index in [1.165, 1.54) is 186 Å². The standard InChI is InChI=1S/C64H118NO8P/c1-6-8-10-12-14-16-18-20-22-24-26-27-28-29-30-31-32-33-34-35-36-37-39-41-43-45-47-49-51-53-55-57-64(67)73-62(61-72-74(68,69)71-59-58-65(3,4)5)60-70-63(66)56-54-52-50-48-46-44-42-40-38-25-23-21-19-17-15-13-11-9-7-2/h15,17-18,20-21,23-24,26,28-29,62H,6-14,16,19,22,25,27,30-61H2,1-5H3/b17-15-,20-18-,23-21-,26-24-,29-28-. The number of quaternary nitrogens is 1. The van der Waals surface area contributed by atoms with Crippen molar-refractivity contribution < 1.29 is 42.1 Å². The molecule has 0 aliphatic heterocycles. The van der Waals surface area contributed by atoms with Gasteiger partial charge in [-0.3, -0.25) is 14.2 Å². The van der Waals surface area contributed by atoms with Gasteiger partial charge in [0.15, 0.2) is 6.10 Å². The fourth-order valence-corrected chi connectivity index (χ4v) is 9.42. The minimum absolute atomic E-state index is 0.0321. The smallest absolute Gasteiger partial charge is 0.306 e. The van der Waals surface area contributed by atoms with Gasteiger partial charge in [-0.05, 0) is 83.5 Å². The predicted octanol–water partition coefficient (Wildman–Crippen LogP) is 18.9. The van der Waals surface area contributed by atoms with Gasteiger partial charge in [-0.1, -0.05) is 248 Å². The third kappa shape index (κ3) is 59.0. The molecule has 0 radical (unpaired) electrons. The molecule has 0 aliphatic carbocycles. The van der Waals surface area contributed by atoms with Crippen LogP contribution in [0.25, 0.3) is 0 Å². The summed E-state index contributed by atoms with van der Waals surface area (Å²) in [5.41, 5.74) is 0. The summed E-state index contributed by atoms with van der Waals surface area (Å²) in [4.78, 5) is 37.9. The van der Waals surface area contributed by atoms with Crippen molar-refractivity contribution in [1.82, 2.24) is 0 Å². The quantitative estimate of drug-likeness (QED) is 0.0195. The fraction of sp³-hybridized carbons (Fsp3) is 0.812. The fourth-order valence-electron chi connectivity index (χ4n) is 8.69. The molecule has 0 aromatic carbocycles. The molecule has 0 spiro atoms. The first-order valence-corrected chi connectivity index (χ1v) is 32.5. The van der Waals surface area contributed by atoms with Gasteiger partial charge in [0, 0.05) is 12.8 Å². The van der Waals surface area contributed by atoms with E-state index in [1.807, 2.05) is 21.1 Å². The molecule has 0 rings (SSSR count). The molecule has 0 aromatic heterocycles. The summed E-state index contributed by atoms with van der Waals surface area (Å²) in [6, 6.07) is 0. The van der Waals surface area contributed by atoms with Gasteiger partial charge in [0.05, 0.1) is 27.7 Å². The van der Waals surface area contributed by atoms with Crippen molar-refractivity contribution in [3.63, 3.8) is 0 Å². The van der Waals surface area contributed by atoms with Crippen LogP contribution < -0.4 is 4.89 Å². The summed E-state index contributed by atoms with van der Waals surface area (Å²) in [6.45, 7) is 4.23. The number of allylic oxidation sites excluding steroid dienone is 10. The molecule has 9 nitrogen and oxygen atoms in total. The van der Waals surface area contributed by atoms with Gasteiger partial charge >= 0.3 is 11.9 Å². The van der Waals surface area contributed by atoms with Crippen molar-refractivity contribution in [2.75, 3.05) is 47.5 Å². The molecule has 0 aliphatic rings. The molecule has 2 atom stereocenters. The van der Waals surface area contributed by atoms with E-state index in [2.05, 4.69) is 74.6 Å². The summed E-state index contributed by atoms with van der Waals surface area (Å²) >= 11 is 0. The second kappa shape index (κ2) is 55.5. The number of esters is 2. The van der Waals surface area contributed by atoms with Gasteiger partial charge in [0.2, 0.25) is 0 Å². The van der Waals surface area contributed by atoms with E-state index in [1.54, 1.807) is 0 Å². The number of hydrogen-bond donors (Lipinski definition) is 0. The molecule has 0 fully saturated rings. The molecule has 2 unspecified atom stereocenters. The Morgan fingerprint density at radius 1 is 0.419 bits per heavy atom. The average molecular weight is 1060 g/mol. The highest BCUT2D eigenvalue weighted by Gasteiger charge is 2.22. The number of phosphoric ester groups is 1. The van der Waals surface area contributed by atoms with Crippen LogP contribution in [0.3, 0.4) is 0 Å². The van der Waals surface area contributed by atoms with Crippen LogP contribution in [0.15, 0.2) is 60.8 Å². The third-order valence-corrected chi connectivity index (χ3v) is 14.5. The SMILES string of the molecule is CCCCC/C=C\C/C=C\CCCCCCCCCCCC(=O)OCC(COP(=O)([O-])OCC[N+](C)(C)C)OC(=O)CCCCCCCCCCCCCCCCCC/C=C\C/C=C\C/C=C\CCCCCCC. The van der Waals surface area contributed by atoms with E-state index in [0.717, 1.165) is 64.2 Å². The monoisotopic (exact) mass is 1060 g/mol. The first-order valence-electron chi connectivity index (χ1n) is 31.0. The van der Waals surface area contributed by atoms with Gasteiger partial charge in [-0.25, -0.2) is 0 Å². The third-order valence-electron chi connectivity index (χ3n) is 13.5. The lowest BCUT2D eigenvalue weighted by molar-refractivity contribution is -0.870. The molecule has 0 N–H and O–H groups in total. The topological polar surface area (TPSA) is 111 Å². The molecule has 0 saturated heterocycles. The lowest BCUT2D eigenvalue weighted by Gasteiger charge is -2.28. The van der Waals surface area contributed by atoms with Crippen molar-refractivity contribution in [3.05, 3.63) is 60.8 Å². The molecule has 0 heterocycles. The number of hydrogen-bond acceptors (Lipinski definition) is 8. The van der Waals surface area contributed by atoms with Crippen molar-refractivity contribution in [2.24, 2.45) is 0 Å². The summed E-state index contributed by atoms with van der Waals surface area (Å²) < 4.78 is 34.2. The zero-order chi connectivity index (χ0) is 54.2. The van der Waals surface area contributed by atoms with Crippen LogP contribution in [0, 0.1) is 0 Å². The Kier molecular flexibility index (Phi) is 53.7. The molecule has 10 heteroatoms. The van der Waals surface area contributed by atoms with Gasteiger partial charge in [-0.2, -0.15) is 0 Å². The van der Waals surface area contributed by atoms with Crippen molar-refractivity contribution in [1.29, 1.82) is 0 Å². The van der Waals surface area contributed by atoms with Crippen LogP contribution in [0.1, 0.15) is 284 Å². The minimum atomic E-state index is -4.64. The molecular weight excluding hydrogens is 942 g/mol. The number of phosphoric acid groups is 1. The van der Waals surface area contributed by atoms with E-state index >= 15 is 0 Å². The Labute approximate surface area is 457 Å². The number of likely N-dealkylation sites (N-methyl/N-ethyl adjacent to an activating group) is 1. The summed E-state index contributed by atoms with van der Waals surface area (Å²) in [5.74, 6) is -0.830. The maximum atomic E-state index is 12.8. The molecule has 0 bridgehead atoms. The number of carbonyl (C=O) groups is 2. The lowest BCUT2D eigenvalue weighted by Crippen LogP contribution is -2.37. The zero-order valence-corrected chi connectivity index (χ0v) is 49.9. The maximum Gasteiger partial charge on any atom is 0.306 e. The zero-order valence-electron chi connectivity index (χ0n) is 49.0. The van der Waals surface area contributed by atoms with E-state index < -0.39 is 26.5 Å². The average Bonchev–Trinajstić information content (AvgIpc) is 3.36. The maximum absolute atomic E-state index is 12.8. The molecule has 74 heavy (non-hydrogen) atoms. The van der Waals surface area contributed by atoms with Crippen LogP contribution in [0.5, 0.6) is 0 Å². The van der Waals surface area contributed by atoms with Crippen LogP contribution >= 0.6 is 7.82 Å². The van der Waals surface area contributed by atoms with E-state index in [9.17, 15) is 19.0 Å². The van der Waals surface area contributed by atoms with Crippen LogP contribution in [0.4, 0.5) is 0 Å². The highest BCUT2D eigenvalue weighted by molar-refractivity contribution is 7.45. The molecule has 0 saturated carbocycles. The molecule has 0 amide bonds. The predicted molar refractivity (Wildman–Crippen MR) is 314 cm³/mol. The number of unbranched alkanes of at least 4 members (excludes halogenated alkanes) is 33. The van der Waals surface area contributed by atoms with Gasteiger partial charge in [0.1, 0.15) is 19.8 Å².